The van der Waals surface area contributed by atoms with Gasteiger partial charge in [-0.2, -0.15) is 0 Å². The van der Waals surface area contributed by atoms with Crippen LogP contribution >= 0.6 is 7.82 Å². The second kappa shape index (κ2) is 63.8. The summed E-state index contributed by atoms with van der Waals surface area (Å²) in [5.41, 5.74) is 5.39. The zero-order valence-corrected chi connectivity index (χ0v) is 51.7. The number of allylic oxidation sites excluding steroid dienone is 18. The summed E-state index contributed by atoms with van der Waals surface area (Å²) in [7, 11) is -4.40. The third-order valence-corrected chi connectivity index (χ3v) is 14.6. The highest BCUT2D eigenvalue weighted by molar-refractivity contribution is 7.47. The molecule has 10 heteroatoms. The van der Waals surface area contributed by atoms with Crippen molar-refractivity contribution in [2.24, 2.45) is 5.73 Å². The van der Waals surface area contributed by atoms with Crippen molar-refractivity contribution in [1.29, 1.82) is 0 Å². The quantitative estimate of drug-likeness (QED) is 0.0264. The van der Waals surface area contributed by atoms with E-state index in [2.05, 4.69) is 123 Å². The van der Waals surface area contributed by atoms with Crippen LogP contribution in [-0.2, 0) is 32.7 Å². The fourth-order valence-corrected chi connectivity index (χ4v) is 9.65. The van der Waals surface area contributed by atoms with Crippen LogP contribution in [-0.4, -0.2) is 49.3 Å². The maximum absolute atomic E-state index is 12.7. The lowest BCUT2D eigenvalue weighted by molar-refractivity contribution is -0.161. The number of unbranched alkanes of at least 4 members (excludes halogenated alkanes) is 29. The lowest BCUT2D eigenvalue weighted by Gasteiger charge is -2.19. The van der Waals surface area contributed by atoms with Gasteiger partial charge in [0.25, 0.3) is 0 Å². The highest BCUT2D eigenvalue weighted by atomic mass is 31.2. The molecular formula is C69H120NO8P. The highest BCUT2D eigenvalue weighted by Gasteiger charge is 2.26. The number of rotatable bonds is 60. The molecule has 0 saturated carbocycles. The molecule has 0 bridgehead atoms. The number of hydrogen-bond acceptors (Lipinski definition) is 8. The summed E-state index contributed by atoms with van der Waals surface area (Å²) < 4.78 is 33.1. The largest absolute Gasteiger partial charge is 0.472 e. The second-order valence-electron chi connectivity index (χ2n) is 21.2. The molecule has 0 aromatic carbocycles. The van der Waals surface area contributed by atoms with Crippen molar-refractivity contribution >= 4 is 19.8 Å². The lowest BCUT2D eigenvalue weighted by Crippen LogP contribution is -2.29. The minimum Gasteiger partial charge on any atom is -0.462 e. The third kappa shape index (κ3) is 63.7. The van der Waals surface area contributed by atoms with Gasteiger partial charge in [0.2, 0.25) is 0 Å². The van der Waals surface area contributed by atoms with E-state index in [0.717, 1.165) is 103 Å². The zero-order chi connectivity index (χ0) is 57.3. The van der Waals surface area contributed by atoms with Crippen LogP contribution in [0.5, 0.6) is 0 Å². The van der Waals surface area contributed by atoms with E-state index in [1.165, 1.54) is 148 Å². The molecule has 0 radical (unpaired) electrons. The summed E-state index contributed by atoms with van der Waals surface area (Å²) in [6.07, 6.45) is 87.3. The van der Waals surface area contributed by atoms with Crippen LogP contribution in [0.2, 0.25) is 0 Å². The number of carbonyl (C=O) groups excluding carboxylic acids is 2. The van der Waals surface area contributed by atoms with Crippen LogP contribution in [0.15, 0.2) is 109 Å². The van der Waals surface area contributed by atoms with Gasteiger partial charge >= 0.3 is 19.8 Å². The van der Waals surface area contributed by atoms with Crippen molar-refractivity contribution in [3.63, 3.8) is 0 Å². The van der Waals surface area contributed by atoms with Crippen molar-refractivity contribution in [2.45, 2.75) is 290 Å². The van der Waals surface area contributed by atoms with E-state index in [4.69, 9.17) is 24.3 Å². The average molecular weight is 1120 g/mol. The summed E-state index contributed by atoms with van der Waals surface area (Å²) in [5.74, 6) is -0.833. The zero-order valence-electron chi connectivity index (χ0n) is 50.8. The first-order valence-corrected chi connectivity index (χ1v) is 33.9. The number of esters is 2. The van der Waals surface area contributed by atoms with Crippen molar-refractivity contribution in [3.05, 3.63) is 109 Å². The Morgan fingerprint density at radius 2 is 0.696 bits per heavy atom. The van der Waals surface area contributed by atoms with E-state index in [9.17, 15) is 19.0 Å². The molecular weight excluding hydrogens is 1000 g/mol. The van der Waals surface area contributed by atoms with Crippen molar-refractivity contribution < 1.29 is 37.6 Å². The minimum atomic E-state index is -4.40. The smallest absolute Gasteiger partial charge is 0.462 e. The van der Waals surface area contributed by atoms with Gasteiger partial charge in [-0.25, -0.2) is 4.57 Å². The Labute approximate surface area is 486 Å². The summed E-state index contributed by atoms with van der Waals surface area (Å²) in [6.45, 7) is 3.63. The molecule has 0 aliphatic carbocycles. The molecule has 2 unspecified atom stereocenters. The number of carbonyl (C=O) groups is 2. The summed E-state index contributed by atoms with van der Waals surface area (Å²) in [5, 5.41) is 0. The Morgan fingerprint density at radius 3 is 1.04 bits per heavy atom. The first-order chi connectivity index (χ1) is 38.8. The lowest BCUT2D eigenvalue weighted by atomic mass is 10.0. The first kappa shape index (κ1) is 75.7. The van der Waals surface area contributed by atoms with E-state index in [1.807, 2.05) is 0 Å². The molecule has 0 aromatic heterocycles. The Hall–Kier alpha value is -3.33. The Balaban J connectivity index is 3.92. The highest BCUT2D eigenvalue weighted by Crippen LogP contribution is 2.43. The molecule has 0 spiro atoms. The van der Waals surface area contributed by atoms with Gasteiger partial charge in [-0.1, -0.05) is 277 Å². The van der Waals surface area contributed by atoms with Crippen LogP contribution in [0.3, 0.4) is 0 Å². The number of nitrogens with two attached hydrogens (primary N) is 1. The van der Waals surface area contributed by atoms with E-state index < -0.39 is 26.5 Å². The SMILES string of the molecule is CC/C=C\C/C=C\C/C=C\C/C=C\C/C=C\C/C=C\CCCCCCCCCCCCCCCCCCC(=O)OC(COC(=O)CCCCCCCCCC/C=C\C/C=C\C/C=C\CCCCCCC)COP(=O)(O)OCCN. The van der Waals surface area contributed by atoms with Crippen molar-refractivity contribution in [2.75, 3.05) is 26.4 Å². The molecule has 454 valence electrons. The maximum atomic E-state index is 12.7. The fourth-order valence-electron chi connectivity index (χ4n) is 8.88. The maximum Gasteiger partial charge on any atom is 0.472 e. The predicted molar refractivity (Wildman–Crippen MR) is 339 cm³/mol. The first-order valence-electron chi connectivity index (χ1n) is 32.4. The van der Waals surface area contributed by atoms with Crippen molar-refractivity contribution in [1.82, 2.24) is 0 Å². The Kier molecular flexibility index (Phi) is 61.2. The summed E-state index contributed by atoms with van der Waals surface area (Å²) >= 11 is 0. The molecule has 3 N–H and O–H groups in total. The van der Waals surface area contributed by atoms with Crippen LogP contribution in [0, 0.1) is 0 Å². The predicted octanol–water partition coefficient (Wildman–Crippen LogP) is 21.0. The molecule has 0 fully saturated rings. The molecule has 0 heterocycles. The van der Waals surface area contributed by atoms with Gasteiger partial charge in [-0.05, 0) is 103 Å². The van der Waals surface area contributed by atoms with Gasteiger partial charge in [0.15, 0.2) is 6.10 Å². The van der Waals surface area contributed by atoms with Crippen molar-refractivity contribution in [3.8, 4) is 0 Å². The number of hydrogen-bond donors (Lipinski definition) is 2. The number of phosphoric ester groups is 1. The monoisotopic (exact) mass is 1120 g/mol. The van der Waals surface area contributed by atoms with Gasteiger partial charge in [0.1, 0.15) is 6.61 Å². The molecule has 0 saturated heterocycles. The van der Waals surface area contributed by atoms with Crippen LogP contribution in [0.1, 0.15) is 284 Å². The Bertz CT molecular complexity index is 1660. The fraction of sp³-hybridized carbons (Fsp3) is 0.710. The van der Waals surface area contributed by atoms with Crippen LogP contribution < -0.4 is 5.73 Å². The van der Waals surface area contributed by atoms with E-state index in [0.29, 0.717) is 6.42 Å². The van der Waals surface area contributed by atoms with E-state index in [1.54, 1.807) is 0 Å². The van der Waals surface area contributed by atoms with E-state index >= 15 is 0 Å². The molecule has 79 heavy (non-hydrogen) atoms. The van der Waals surface area contributed by atoms with Gasteiger partial charge in [-0.3, -0.25) is 18.6 Å². The molecule has 9 nitrogen and oxygen atoms in total. The molecule has 2 atom stereocenters. The minimum absolute atomic E-state index is 0.0487. The third-order valence-electron chi connectivity index (χ3n) is 13.6. The summed E-state index contributed by atoms with van der Waals surface area (Å²) in [4.78, 5) is 35.3. The molecule has 0 aromatic rings. The molecule has 0 aliphatic heterocycles. The van der Waals surface area contributed by atoms with Gasteiger partial charge in [0, 0.05) is 19.4 Å². The number of phosphoric acid groups is 1. The van der Waals surface area contributed by atoms with Crippen LogP contribution in [0.25, 0.3) is 0 Å². The van der Waals surface area contributed by atoms with Crippen LogP contribution in [0.4, 0.5) is 0 Å². The number of ether oxygens (including phenoxy) is 2. The van der Waals surface area contributed by atoms with E-state index in [-0.39, 0.29) is 38.6 Å². The molecule has 0 aliphatic rings. The topological polar surface area (TPSA) is 134 Å². The standard InChI is InChI=1S/C69H120NO8P/c1-3-5-7-9-11-13-15-17-19-21-23-25-27-28-29-30-31-32-33-34-35-36-37-38-40-42-44-46-48-50-52-54-56-58-60-62-69(72)78-67(66-77-79(73,74)76-64-63-70)65-75-68(71)61-59-57-55-53-51-49-47-45-43-41-39-26-24-22-20-18-16-14-12-10-8-6-4-2/h5,7,11,13,16-19,22-25,28-29,31-32,39,41,67H,3-4,6,8-10,12,14-15,20-21,26-27,30,33-38,40,42-66,70H2,1-2H3,(H,73,74)/b7-5-,13-11-,18-16-,19-17-,24-22-,25-23-,29-28-,32-31-,41-39-. The summed E-state index contributed by atoms with van der Waals surface area (Å²) in [6, 6.07) is 0. The van der Waals surface area contributed by atoms with Gasteiger partial charge in [-0.15, -0.1) is 0 Å². The van der Waals surface area contributed by atoms with Gasteiger partial charge < -0.3 is 20.1 Å². The molecule has 0 rings (SSSR count). The van der Waals surface area contributed by atoms with Gasteiger partial charge in [0.05, 0.1) is 13.2 Å². The second-order valence-corrected chi connectivity index (χ2v) is 22.7. The Morgan fingerprint density at radius 1 is 0.392 bits per heavy atom. The average Bonchev–Trinajstić information content (AvgIpc) is 3.44. The normalized spacial score (nSPS) is 13.7. The molecule has 0 amide bonds.